The number of piperazine rings is 1. The number of likely N-dealkylation sites (N-methyl/N-ethyl adjacent to an activating group) is 1. The highest BCUT2D eigenvalue weighted by atomic mass is 16.5. The molecule has 3 heterocycles. The number of methoxy groups -OCH3 is 1. The van der Waals surface area contributed by atoms with E-state index in [0.717, 1.165) is 31.2 Å². The number of nitrogens with zero attached hydrogens (tertiary/aromatic N) is 3. The Balaban J connectivity index is 1.42. The Morgan fingerprint density at radius 2 is 1.67 bits per heavy atom. The molecule has 1 aromatic carbocycles. The molecule has 5 nitrogen and oxygen atoms in total. The number of benzene rings is 1. The molecule has 0 bridgehead atoms. The van der Waals surface area contributed by atoms with Crippen LogP contribution >= 0.6 is 0 Å². The molecule has 3 aliphatic heterocycles. The molecule has 166 valence electrons. The number of hydrogen-bond donors (Lipinski definition) is 0. The molecule has 0 atom stereocenters. The molecular weight excluding hydrogens is 373 g/mol. The maximum absolute atomic E-state index is 6.45. The van der Waals surface area contributed by atoms with Gasteiger partial charge in [-0.1, -0.05) is 19.9 Å². The van der Waals surface area contributed by atoms with E-state index in [9.17, 15) is 0 Å². The van der Waals surface area contributed by atoms with Crippen LogP contribution in [0.2, 0.25) is 6.32 Å². The highest BCUT2D eigenvalue weighted by Crippen LogP contribution is 2.45. The largest absolute Gasteiger partial charge is 0.495 e. The number of ether oxygens (including phenoxy) is 1. The predicted molar refractivity (Wildman–Crippen MR) is 126 cm³/mol. The third-order valence-electron chi connectivity index (χ3n) is 8.20. The Morgan fingerprint density at radius 3 is 2.23 bits per heavy atom. The molecule has 3 fully saturated rings. The van der Waals surface area contributed by atoms with Gasteiger partial charge in [0.15, 0.2) is 0 Å². The van der Waals surface area contributed by atoms with Crippen molar-refractivity contribution in [2.45, 2.75) is 58.5 Å². The zero-order chi connectivity index (χ0) is 21.5. The second kappa shape index (κ2) is 8.36. The molecule has 0 N–H and O–H groups in total. The Labute approximate surface area is 183 Å². The van der Waals surface area contributed by atoms with Crippen LogP contribution in [-0.2, 0) is 4.65 Å². The quantitative estimate of drug-likeness (QED) is 0.708. The number of hydrogen-bond acceptors (Lipinski definition) is 5. The van der Waals surface area contributed by atoms with Crippen LogP contribution in [0.5, 0.6) is 5.75 Å². The first-order valence-corrected chi connectivity index (χ1v) is 11.7. The van der Waals surface area contributed by atoms with E-state index in [0.29, 0.717) is 0 Å². The van der Waals surface area contributed by atoms with Gasteiger partial charge in [0.05, 0.1) is 18.4 Å². The predicted octanol–water partition coefficient (Wildman–Crippen LogP) is 2.94. The molecule has 1 aromatic rings. The molecule has 30 heavy (non-hydrogen) atoms. The van der Waals surface area contributed by atoms with Crippen LogP contribution in [0.4, 0.5) is 5.69 Å². The minimum Gasteiger partial charge on any atom is -0.495 e. The summed E-state index contributed by atoms with van der Waals surface area (Å²) in [6, 6.07) is 7.46. The topological polar surface area (TPSA) is 28.2 Å². The van der Waals surface area contributed by atoms with E-state index in [4.69, 9.17) is 9.39 Å². The summed E-state index contributed by atoms with van der Waals surface area (Å²) in [6.07, 6.45) is 3.52. The van der Waals surface area contributed by atoms with E-state index in [1.165, 1.54) is 50.2 Å². The van der Waals surface area contributed by atoms with Crippen molar-refractivity contribution in [3.63, 3.8) is 0 Å². The third-order valence-corrected chi connectivity index (χ3v) is 8.20. The maximum Gasteiger partial charge on any atom is 0.328 e. The van der Waals surface area contributed by atoms with Gasteiger partial charge in [-0.2, -0.15) is 0 Å². The van der Waals surface area contributed by atoms with Crippen LogP contribution in [0.25, 0.3) is 0 Å². The molecule has 0 radical (unpaired) electrons. The summed E-state index contributed by atoms with van der Waals surface area (Å²) >= 11 is 0. The van der Waals surface area contributed by atoms with Gasteiger partial charge < -0.3 is 19.2 Å². The van der Waals surface area contributed by atoms with E-state index < -0.39 is 0 Å². The molecule has 3 aliphatic rings. The minimum atomic E-state index is -0.116. The summed E-state index contributed by atoms with van der Waals surface area (Å²) in [5, 5.41) is 0. The zero-order valence-electron chi connectivity index (χ0n) is 19.9. The van der Waals surface area contributed by atoms with E-state index >= 15 is 0 Å². The normalized spacial score (nSPS) is 25.7. The summed E-state index contributed by atoms with van der Waals surface area (Å²) in [7, 11) is 4.03. The van der Waals surface area contributed by atoms with Gasteiger partial charge in [0.25, 0.3) is 0 Å². The van der Waals surface area contributed by atoms with Crippen molar-refractivity contribution < 1.29 is 9.39 Å². The summed E-state index contributed by atoms with van der Waals surface area (Å²) in [6.45, 7) is 16.2. The first-order chi connectivity index (χ1) is 14.2. The Morgan fingerprint density at radius 1 is 1.00 bits per heavy atom. The van der Waals surface area contributed by atoms with Crippen LogP contribution in [0, 0.1) is 5.41 Å². The van der Waals surface area contributed by atoms with Gasteiger partial charge in [-0.25, -0.2) is 0 Å². The second-order valence-electron chi connectivity index (χ2n) is 10.7. The summed E-state index contributed by atoms with van der Waals surface area (Å²) < 4.78 is 12.3. The van der Waals surface area contributed by atoms with Crippen LogP contribution in [0.3, 0.4) is 0 Å². The number of piperidine rings is 1. The molecule has 0 spiro atoms. The van der Waals surface area contributed by atoms with Crippen molar-refractivity contribution in [1.82, 2.24) is 9.80 Å². The molecule has 6 heteroatoms. The third kappa shape index (κ3) is 4.24. The highest BCUT2D eigenvalue weighted by molar-refractivity contribution is 6.68. The van der Waals surface area contributed by atoms with Gasteiger partial charge in [0, 0.05) is 45.3 Å². The first-order valence-electron chi connectivity index (χ1n) is 11.7. The Hall–Kier alpha value is -1.24. The molecule has 0 saturated carbocycles. The minimum absolute atomic E-state index is 0.116. The van der Waals surface area contributed by atoms with Gasteiger partial charge in [-0.15, -0.1) is 0 Å². The maximum atomic E-state index is 6.45. The van der Waals surface area contributed by atoms with Crippen molar-refractivity contribution in [2.24, 2.45) is 5.41 Å². The molecular formula is C24H40BN3O2. The fraction of sp³-hybridized carbons (Fsp3) is 0.750. The van der Waals surface area contributed by atoms with Crippen molar-refractivity contribution in [2.75, 3.05) is 58.3 Å². The lowest BCUT2D eigenvalue weighted by Crippen LogP contribution is -2.52. The lowest BCUT2D eigenvalue weighted by atomic mass is 9.54. The Bertz CT molecular complexity index is 722. The van der Waals surface area contributed by atoms with Gasteiger partial charge in [0.2, 0.25) is 0 Å². The van der Waals surface area contributed by atoms with Crippen LogP contribution < -0.4 is 15.1 Å². The lowest BCUT2D eigenvalue weighted by molar-refractivity contribution is 0.0375. The Kier molecular flexibility index (Phi) is 6.13. The van der Waals surface area contributed by atoms with Crippen molar-refractivity contribution in [3.8, 4) is 5.75 Å². The molecule has 0 aromatic heterocycles. The zero-order valence-corrected chi connectivity index (χ0v) is 19.9. The van der Waals surface area contributed by atoms with Crippen molar-refractivity contribution in [3.05, 3.63) is 18.2 Å². The molecule has 0 aliphatic carbocycles. The average molecular weight is 413 g/mol. The summed E-state index contributed by atoms with van der Waals surface area (Å²) in [5.41, 5.74) is 2.51. The number of rotatable bonds is 4. The molecule has 0 unspecified atom stereocenters. The van der Waals surface area contributed by atoms with Crippen LogP contribution in [0.1, 0.15) is 40.5 Å². The summed E-state index contributed by atoms with van der Waals surface area (Å²) in [4.78, 5) is 7.66. The fourth-order valence-corrected chi connectivity index (χ4v) is 5.27. The first kappa shape index (κ1) is 22.0. The fourth-order valence-electron chi connectivity index (χ4n) is 5.27. The van der Waals surface area contributed by atoms with E-state index in [1.807, 2.05) is 0 Å². The van der Waals surface area contributed by atoms with Gasteiger partial charge in [-0.05, 0) is 63.1 Å². The van der Waals surface area contributed by atoms with E-state index in [1.54, 1.807) is 7.11 Å². The van der Waals surface area contributed by atoms with Crippen LogP contribution in [-0.4, -0.2) is 81.8 Å². The smallest absolute Gasteiger partial charge is 0.328 e. The monoisotopic (exact) mass is 413 g/mol. The van der Waals surface area contributed by atoms with E-state index in [-0.39, 0.29) is 17.9 Å². The van der Waals surface area contributed by atoms with Gasteiger partial charge in [-0.3, -0.25) is 4.90 Å². The molecule has 0 amide bonds. The van der Waals surface area contributed by atoms with Crippen LogP contribution in [0.15, 0.2) is 18.2 Å². The van der Waals surface area contributed by atoms with Gasteiger partial charge in [0.1, 0.15) is 5.75 Å². The van der Waals surface area contributed by atoms with Crippen molar-refractivity contribution in [1.29, 1.82) is 0 Å². The molecule has 3 saturated heterocycles. The summed E-state index contributed by atoms with van der Waals surface area (Å²) in [5.74, 6) is 0.983. The van der Waals surface area contributed by atoms with Crippen molar-refractivity contribution >= 4 is 18.1 Å². The average Bonchev–Trinajstić information content (AvgIpc) is 2.95. The van der Waals surface area contributed by atoms with E-state index in [2.05, 4.69) is 67.6 Å². The SMILES string of the molecule is COc1cc(B2CC(C)(C)C(C)(C)O2)ccc1N1CCC(N2CCN(C)CC2)CC1. The standard InChI is InChI=1S/C24H40BN3O2/c1-23(2)18-25(30-24(23,3)4)19-7-8-21(22(17-19)29-6)28-11-9-20(10-12-28)27-15-13-26(5)14-16-27/h7-8,17,20H,9-16,18H2,1-6H3. The van der Waals surface area contributed by atoms with Gasteiger partial charge >= 0.3 is 6.92 Å². The lowest BCUT2D eigenvalue weighted by Gasteiger charge is -2.42. The second-order valence-corrected chi connectivity index (χ2v) is 10.7. The number of anilines is 1. The molecule has 4 rings (SSSR count). The highest BCUT2D eigenvalue weighted by Gasteiger charge is 2.49.